The lowest BCUT2D eigenvalue weighted by Gasteiger charge is -2.61. The van der Waals surface area contributed by atoms with Crippen molar-refractivity contribution in [3.63, 3.8) is 0 Å². The zero-order chi connectivity index (χ0) is 19.7. The van der Waals surface area contributed by atoms with E-state index in [1.165, 1.54) is 37.7 Å². The van der Waals surface area contributed by atoms with E-state index in [2.05, 4.69) is 20.8 Å². The van der Waals surface area contributed by atoms with Gasteiger partial charge in [-0.15, -0.1) is 0 Å². The highest BCUT2D eigenvalue weighted by atomic mass is 16.6. The third-order valence-electron chi connectivity index (χ3n) is 10.1. The molecule has 0 aromatic heterocycles. The van der Waals surface area contributed by atoms with E-state index in [4.69, 9.17) is 4.74 Å². The topological polar surface area (TPSA) is 43.4 Å². The second kappa shape index (κ2) is 6.19. The molecule has 0 aromatic carbocycles. The van der Waals surface area contributed by atoms with Gasteiger partial charge in [-0.3, -0.25) is 9.59 Å². The summed E-state index contributed by atoms with van der Waals surface area (Å²) in [6.45, 7) is 7.23. The first-order valence-corrected chi connectivity index (χ1v) is 11.8. The summed E-state index contributed by atoms with van der Waals surface area (Å²) in [5.74, 6) is 3.16. The molecular weight excluding hydrogens is 348 g/mol. The monoisotopic (exact) mass is 384 g/mol. The largest absolute Gasteiger partial charge is 0.458 e. The van der Waals surface area contributed by atoms with Crippen molar-refractivity contribution in [2.75, 3.05) is 0 Å². The van der Waals surface area contributed by atoms with Crippen LogP contribution in [-0.2, 0) is 14.3 Å². The summed E-state index contributed by atoms with van der Waals surface area (Å²) in [5.41, 5.74) is 1.64. The summed E-state index contributed by atoms with van der Waals surface area (Å²) in [6.07, 6.45) is 13.7. The van der Waals surface area contributed by atoms with Crippen LogP contribution >= 0.6 is 0 Å². The number of hydrogen-bond donors (Lipinski definition) is 0. The first-order chi connectivity index (χ1) is 13.3. The number of esters is 1. The molecule has 0 aromatic rings. The Balaban J connectivity index is 1.54. The number of carbonyl (C=O) groups excluding carboxylic acids is 2. The lowest BCUT2D eigenvalue weighted by Crippen LogP contribution is -2.57. The van der Waals surface area contributed by atoms with E-state index in [0.717, 1.165) is 38.0 Å². The number of rotatable bonds is 2. The van der Waals surface area contributed by atoms with Crippen LogP contribution in [0.3, 0.4) is 0 Å². The first kappa shape index (κ1) is 18.9. The molecule has 3 nitrogen and oxygen atoms in total. The molecule has 0 radical (unpaired) electrons. The van der Waals surface area contributed by atoms with Crippen LogP contribution in [0.1, 0.15) is 91.4 Å². The van der Waals surface area contributed by atoms with E-state index < -0.39 is 0 Å². The summed E-state index contributed by atoms with van der Waals surface area (Å²) in [4.78, 5) is 24.3. The van der Waals surface area contributed by atoms with Crippen LogP contribution in [0.4, 0.5) is 0 Å². The third-order valence-corrected chi connectivity index (χ3v) is 10.1. The average Bonchev–Trinajstić information content (AvgIpc) is 3.18. The quantitative estimate of drug-likeness (QED) is 0.580. The van der Waals surface area contributed by atoms with Crippen LogP contribution in [0.15, 0.2) is 11.6 Å². The van der Waals surface area contributed by atoms with Crippen molar-refractivity contribution >= 4 is 11.8 Å². The Morgan fingerprint density at radius 1 is 1.04 bits per heavy atom. The normalized spacial score (nSPS) is 50.0. The molecule has 4 fully saturated rings. The minimum atomic E-state index is -0.184. The zero-order valence-corrected chi connectivity index (χ0v) is 17.9. The Bertz CT molecular complexity index is 738. The molecule has 7 atom stereocenters. The van der Waals surface area contributed by atoms with Gasteiger partial charge in [0.1, 0.15) is 5.60 Å². The Morgan fingerprint density at radius 2 is 1.82 bits per heavy atom. The van der Waals surface area contributed by atoms with Gasteiger partial charge in [-0.1, -0.05) is 39.2 Å². The zero-order valence-electron chi connectivity index (χ0n) is 17.9. The van der Waals surface area contributed by atoms with Gasteiger partial charge in [0.15, 0.2) is 5.78 Å². The second-order valence-electron chi connectivity index (χ2n) is 11.1. The number of carbonyl (C=O) groups is 2. The van der Waals surface area contributed by atoms with Gasteiger partial charge < -0.3 is 4.74 Å². The Labute approximate surface area is 169 Å². The van der Waals surface area contributed by atoms with Crippen LogP contribution in [0.5, 0.6) is 0 Å². The SMILES string of the molecule is CCC[C@@H]1CC2=CC(=O)CC[C@]2(C)[C@H]2CC[C@@]3(C)[C@@H](CC[C@]34CCC(=O)O4)[C@H]12. The summed E-state index contributed by atoms with van der Waals surface area (Å²) >= 11 is 0. The van der Waals surface area contributed by atoms with E-state index in [1.54, 1.807) is 0 Å². The smallest absolute Gasteiger partial charge is 0.306 e. The van der Waals surface area contributed by atoms with Gasteiger partial charge in [-0.25, -0.2) is 0 Å². The van der Waals surface area contributed by atoms with Gasteiger partial charge in [0.25, 0.3) is 0 Å². The summed E-state index contributed by atoms with van der Waals surface area (Å²) in [5, 5.41) is 0. The molecule has 0 unspecified atom stereocenters. The predicted octanol–water partition coefficient (Wildman–Crippen LogP) is 5.62. The van der Waals surface area contributed by atoms with Gasteiger partial charge >= 0.3 is 5.97 Å². The highest BCUT2D eigenvalue weighted by molar-refractivity contribution is 5.91. The molecule has 5 rings (SSSR count). The van der Waals surface area contributed by atoms with Gasteiger partial charge in [-0.05, 0) is 80.1 Å². The second-order valence-corrected chi connectivity index (χ2v) is 11.1. The molecule has 28 heavy (non-hydrogen) atoms. The number of ether oxygens (including phenoxy) is 1. The van der Waals surface area contributed by atoms with Crippen molar-refractivity contribution < 1.29 is 14.3 Å². The lowest BCUT2D eigenvalue weighted by molar-refractivity contribution is -0.171. The maximum absolute atomic E-state index is 12.2. The number of ketones is 1. The summed E-state index contributed by atoms with van der Waals surface area (Å²) < 4.78 is 6.11. The fourth-order valence-corrected chi connectivity index (χ4v) is 8.67. The van der Waals surface area contributed by atoms with Crippen LogP contribution in [0.2, 0.25) is 0 Å². The standard InChI is InChI=1S/C25H36O3/c1-4-5-16-14-17-15-18(26)6-10-23(17,2)19-7-11-24(3)20(22(16)19)8-12-25(24)13-9-21(27)28-25/h15-16,19-20,22H,4-14H2,1-3H3/t16-,19+,20+,22-,23+,24+,25+/m1/s1. The van der Waals surface area contributed by atoms with Crippen molar-refractivity contribution in [2.24, 2.45) is 34.5 Å². The predicted molar refractivity (Wildman–Crippen MR) is 109 cm³/mol. The molecule has 1 saturated heterocycles. The molecule has 0 amide bonds. The van der Waals surface area contributed by atoms with Crippen molar-refractivity contribution in [2.45, 2.75) is 97.0 Å². The molecule has 0 N–H and O–H groups in total. The Morgan fingerprint density at radius 3 is 2.54 bits per heavy atom. The van der Waals surface area contributed by atoms with E-state index in [-0.39, 0.29) is 22.4 Å². The van der Waals surface area contributed by atoms with Crippen LogP contribution in [-0.4, -0.2) is 17.4 Å². The molecule has 154 valence electrons. The van der Waals surface area contributed by atoms with Gasteiger partial charge in [0.05, 0.1) is 0 Å². The van der Waals surface area contributed by atoms with Crippen LogP contribution in [0.25, 0.3) is 0 Å². The Hall–Kier alpha value is -1.12. The molecule has 1 aliphatic heterocycles. The maximum atomic E-state index is 12.2. The van der Waals surface area contributed by atoms with E-state index in [0.29, 0.717) is 30.0 Å². The molecule has 5 aliphatic rings. The number of allylic oxidation sites excluding steroid dienone is 1. The molecule has 4 aliphatic carbocycles. The van der Waals surface area contributed by atoms with Crippen LogP contribution in [0, 0.1) is 34.5 Å². The van der Waals surface area contributed by atoms with Gasteiger partial charge in [-0.2, -0.15) is 0 Å². The van der Waals surface area contributed by atoms with Crippen molar-refractivity contribution in [1.82, 2.24) is 0 Å². The molecule has 1 heterocycles. The fourth-order valence-electron chi connectivity index (χ4n) is 8.67. The molecule has 3 heteroatoms. The van der Waals surface area contributed by atoms with Crippen molar-refractivity contribution in [3.8, 4) is 0 Å². The minimum absolute atomic E-state index is 0.0284. The highest BCUT2D eigenvalue weighted by Crippen LogP contribution is 2.71. The molecule has 1 spiro atoms. The van der Waals surface area contributed by atoms with Gasteiger partial charge in [0, 0.05) is 18.3 Å². The fraction of sp³-hybridized carbons (Fsp3) is 0.840. The summed E-state index contributed by atoms with van der Waals surface area (Å²) in [7, 11) is 0. The van der Waals surface area contributed by atoms with Crippen LogP contribution < -0.4 is 0 Å². The average molecular weight is 385 g/mol. The molecule has 3 saturated carbocycles. The van der Waals surface area contributed by atoms with Crippen molar-refractivity contribution in [1.29, 1.82) is 0 Å². The first-order valence-electron chi connectivity index (χ1n) is 11.8. The number of fused-ring (bicyclic) bond motifs is 6. The maximum Gasteiger partial charge on any atom is 0.306 e. The summed E-state index contributed by atoms with van der Waals surface area (Å²) in [6, 6.07) is 0. The third kappa shape index (κ3) is 2.34. The minimum Gasteiger partial charge on any atom is -0.458 e. The highest BCUT2D eigenvalue weighted by Gasteiger charge is 2.68. The van der Waals surface area contributed by atoms with E-state index in [9.17, 15) is 9.59 Å². The van der Waals surface area contributed by atoms with Gasteiger partial charge in [0.2, 0.25) is 0 Å². The Kier molecular flexibility index (Phi) is 4.17. The van der Waals surface area contributed by atoms with E-state index in [1.807, 2.05) is 6.08 Å². The molecular formula is C25H36O3. The number of hydrogen-bond acceptors (Lipinski definition) is 3. The molecule has 0 bridgehead atoms. The van der Waals surface area contributed by atoms with Crippen molar-refractivity contribution in [3.05, 3.63) is 11.6 Å². The lowest BCUT2D eigenvalue weighted by atomic mass is 9.43. The van der Waals surface area contributed by atoms with E-state index >= 15 is 0 Å².